The summed E-state index contributed by atoms with van der Waals surface area (Å²) in [6.07, 6.45) is -2.92. The zero-order valence-corrected chi connectivity index (χ0v) is 19.0. The molecule has 0 fully saturated rings. The standard InChI is InChI=1S/C19H30F3N3O2.HI/c1-4-23-18(24-11-5-13-27-14-19(20,21)22)25-12-10-15(2)16-6-8-17(26-3)9-7-16;/h6-9,15H,4-5,10-14H2,1-3H3,(H2,23,24,25);1H. The highest BCUT2D eigenvalue weighted by Gasteiger charge is 2.27. The number of hydrogen-bond acceptors (Lipinski definition) is 3. The molecule has 1 unspecified atom stereocenters. The molecule has 0 saturated heterocycles. The minimum absolute atomic E-state index is 0. The minimum Gasteiger partial charge on any atom is -0.497 e. The minimum atomic E-state index is -4.28. The normalized spacial score (nSPS) is 12.9. The van der Waals surface area contributed by atoms with Crippen LogP contribution in [0.25, 0.3) is 0 Å². The molecule has 1 aromatic rings. The largest absolute Gasteiger partial charge is 0.497 e. The van der Waals surface area contributed by atoms with Crippen LogP contribution in [-0.4, -0.2) is 52.1 Å². The molecular formula is C19H31F3IN3O2. The fourth-order valence-corrected chi connectivity index (χ4v) is 2.39. The number of alkyl halides is 3. The summed E-state index contributed by atoms with van der Waals surface area (Å²) in [6.45, 7) is 4.81. The van der Waals surface area contributed by atoms with Crippen molar-refractivity contribution in [1.29, 1.82) is 0 Å². The summed E-state index contributed by atoms with van der Waals surface area (Å²) >= 11 is 0. The van der Waals surface area contributed by atoms with Crippen molar-refractivity contribution in [3.8, 4) is 5.75 Å². The zero-order chi connectivity index (χ0) is 20.1. The lowest BCUT2D eigenvalue weighted by molar-refractivity contribution is -0.173. The number of halogens is 4. The van der Waals surface area contributed by atoms with Crippen LogP contribution in [-0.2, 0) is 4.74 Å². The van der Waals surface area contributed by atoms with Crippen molar-refractivity contribution in [2.45, 2.75) is 38.8 Å². The average Bonchev–Trinajstić information content (AvgIpc) is 2.63. The van der Waals surface area contributed by atoms with Crippen molar-refractivity contribution >= 4 is 29.9 Å². The van der Waals surface area contributed by atoms with Crippen molar-refractivity contribution in [2.75, 3.05) is 40.0 Å². The Morgan fingerprint density at radius 3 is 2.43 bits per heavy atom. The predicted molar refractivity (Wildman–Crippen MR) is 117 cm³/mol. The Labute approximate surface area is 182 Å². The van der Waals surface area contributed by atoms with Crippen LogP contribution in [0, 0.1) is 0 Å². The topological polar surface area (TPSA) is 54.9 Å². The van der Waals surface area contributed by atoms with E-state index in [9.17, 15) is 13.2 Å². The number of ether oxygens (including phenoxy) is 2. The maximum Gasteiger partial charge on any atom is 0.411 e. The number of rotatable bonds is 11. The third-order valence-electron chi connectivity index (χ3n) is 3.88. The smallest absolute Gasteiger partial charge is 0.411 e. The average molecular weight is 517 g/mol. The first kappa shape index (κ1) is 26.8. The van der Waals surface area contributed by atoms with Gasteiger partial charge < -0.3 is 20.1 Å². The van der Waals surface area contributed by atoms with E-state index >= 15 is 0 Å². The van der Waals surface area contributed by atoms with Gasteiger partial charge in [-0.1, -0.05) is 19.1 Å². The van der Waals surface area contributed by atoms with E-state index in [-0.39, 0.29) is 30.6 Å². The molecule has 1 rings (SSSR count). The van der Waals surface area contributed by atoms with Crippen LogP contribution in [0.3, 0.4) is 0 Å². The maximum absolute atomic E-state index is 12.0. The van der Waals surface area contributed by atoms with Crippen LogP contribution >= 0.6 is 24.0 Å². The monoisotopic (exact) mass is 517 g/mol. The van der Waals surface area contributed by atoms with Gasteiger partial charge in [0.05, 0.1) is 7.11 Å². The lowest BCUT2D eigenvalue weighted by Crippen LogP contribution is -2.38. The highest BCUT2D eigenvalue weighted by atomic mass is 127. The van der Waals surface area contributed by atoms with Crippen molar-refractivity contribution < 1.29 is 22.6 Å². The number of aliphatic imine (C=N–C) groups is 1. The fourth-order valence-electron chi connectivity index (χ4n) is 2.39. The molecule has 1 aromatic carbocycles. The lowest BCUT2D eigenvalue weighted by atomic mass is 9.98. The van der Waals surface area contributed by atoms with E-state index < -0.39 is 12.8 Å². The van der Waals surface area contributed by atoms with Crippen LogP contribution in [0.4, 0.5) is 13.2 Å². The van der Waals surface area contributed by atoms with Gasteiger partial charge in [0.15, 0.2) is 5.96 Å². The molecule has 0 bridgehead atoms. The van der Waals surface area contributed by atoms with E-state index in [1.54, 1.807) is 7.11 Å². The van der Waals surface area contributed by atoms with Gasteiger partial charge in [0, 0.05) is 26.2 Å². The number of methoxy groups -OCH3 is 1. The van der Waals surface area contributed by atoms with Gasteiger partial charge >= 0.3 is 6.18 Å². The molecule has 5 nitrogen and oxygen atoms in total. The number of nitrogens with zero attached hydrogens (tertiary/aromatic N) is 1. The molecule has 0 saturated carbocycles. The highest BCUT2D eigenvalue weighted by Crippen LogP contribution is 2.21. The zero-order valence-electron chi connectivity index (χ0n) is 16.6. The second-order valence-corrected chi connectivity index (χ2v) is 6.17. The molecule has 0 aliphatic rings. The van der Waals surface area contributed by atoms with Crippen LogP contribution < -0.4 is 15.4 Å². The van der Waals surface area contributed by atoms with E-state index in [2.05, 4.69) is 39.4 Å². The second kappa shape index (κ2) is 14.7. The first-order chi connectivity index (χ1) is 12.9. The Balaban J connectivity index is 0.00000729. The van der Waals surface area contributed by atoms with E-state index in [1.807, 2.05) is 19.1 Å². The molecule has 0 radical (unpaired) electrons. The third kappa shape index (κ3) is 12.3. The van der Waals surface area contributed by atoms with Gasteiger partial charge in [-0.05, 0) is 43.4 Å². The quantitative estimate of drug-likeness (QED) is 0.199. The molecule has 1 atom stereocenters. The molecule has 0 aromatic heterocycles. The molecular weight excluding hydrogens is 486 g/mol. The van der Waals surface area contributed by atoms with Gasteiger partial charge in [-0.2, -0.15) is 13.2 Å². The molecule has 162 valence electrons. The van der Waals surface area contributed by atoms with Crippen molar-refractivity contribution in [2.24, 2.45) is 4.99 Å². The summed E-state index contributed by atoms with van der Waals surface area (Å²) in [6, 6.07) is 8.02. The van der Waals surface area contributed by atoms with Gasteiger partial charge in [-0.25, -0.2) is 0 Å². The summed E-state index contributed by atoms with van der Waals surface area (Å²) in [5.41, 5.74) is 1.24. The first-order valence-electron chi connectivity index (χ1n) is 9.16. The number of benzene rings is 1. The molecule has 0 heterocycles. The molecule has 28 heavy (non-hydrogen) atoms. The summed E-state index contributed by atoms with van der Waals surface area (Å²) in [5, 5.41) is 6.38. The number of hydrogen-bond donors (Lipinski definition) is 2. The maximum atomic E-state index is 12.0. The van der Waals surface area contributed by atoms with Crippen molar-refractivity contribution in [1.82, 2.24) is 10.6 Å². The van der Waals surface area contributed by atoms with Crippen LogP contribution in [0.5, 0.6) is 5.75 Å². The molecule has 2 N–H and O–H groups in total. The Hall–Kier alpha value is -1.23. The first-order valence-corrected chi connectivity index (χ1v) is 9.16. The Kier molecular flexibility index (Phi) is 14.1. The van der Waals surface area contributed by atoms with Gasteiger partial charge in [0.25, 0.3) is 0 Å². The van der Waals surface area contributed by atoms with Crippen molar-refractivity contribution in [3.63, 3.8) is 0 Å². The molecule has 0 aliphatic heterocycles. The number of nitrogens with one attached hydrogen (secondary N) is 2. The molecule has 0 aliphatic carbocycles. The molecule has 0 spiro atoms. The van der Waals surface area contributed by atoms with E-state index in [0.717, 1.165) is 18.7 Å². The Morgan fingerprint density at radius 1 is 1.18 bits per heavy atom. The van der Waals surface area contributed by atoms with Gasteiger partial charge in [-0.3, -0.25) is 4.99 Å². The summed E-state index contributed by atoms with van der Waals surface area (Å²) in [7, 11) is 1.65. The summed E-state index contributed by atoms with van der Waals surface area (Å²) in [5.74, 6) is 1.88. The van der Waals surface area contributed by atoms with E-state index in [1.165, 1.54) is 5.56 Å². The molecule has 9 heteroatoms. The SMILES string of the molecule is CCNC(=NCCCOCC(F)(F)F)NCCC(C)c1ccc(OC)cc1.I. The fraction of sp³-hybridized carbons (Fsp3) is 0.632. The van der Waals surface area contributed by atoms with Crippen LogP contribution in [0.1, 0.15) is 38.2 Å². The van der Waals surface area contributed by atoms with Crippen LogP contribution in [0.15, 0.2) is 29.3 Å². The Bertz CT molecular complexity index is 554. The van der Waals surface area contributed by atoms with Gasteiger partial charge in [0.1, 0.15) is 12.4 Å². The lowest BCUT2D eigenvalue weighted by Gasteiger charge is -2.15. The Morgan fingerprint density at radius 2 is 1.86 bits per heavy atom. The predicted octanol–water partition coefficient (Wildman–Crippen LogP) is 4.33. The summed E-state index contributed by atoms with van der Waals surface area (Å²) < 4.78 is 45.7. The van der Waals surface area contributed by atoms with Crippen molar-refractivity contribution in [3.05, 3.63) is 29.8 Å². The van der Waals surface area contributed by atoms with Crippen LogP contribution in [0.2, 0.25) is 0 Å². The van der Waals surface area contributed by atoms with E-state index in [4.69, 9.17) is 4.74 Å². The number of guanidine groups is 1. The van der Waals surface area contributed by atoms with E-state index in [0.29, 0.717) is 31.4 Å². The summed E-state index contributed by atoms with van der Waals surface area (Å²) in [4.78, 5) is 4.36. The highest BCUT2D eigenvalue weighted by molar-refractivity contribution is 14.0. The van der Waals surface area contributed by atoms with Gasteiger partial charge in [0.2, 0.25) is 0 Å². The van der Waals surface area contributed by atoms with Gasteiger partial charge in [-0.15, -0.1) is 24.0 Å². The third-order valence-corrected chi connectivity index (χ3v) is 3.88. The molecule has 0 amide bonds. The second-order valence-electron chi connectivity index (χ2n) is 6.17.